The Kier molecular flexibility index (Phi) is 4.45. The first-order chi connectivity index (χ1) is 7.42. The molecule has 1 saturated heterocycles. The molecule has 0 aromatic carbocycles. The number of nitrogens with two attached hydrogens (primary N) is 1. The number of hydrogen-bond donors (Lipinski definition) is 2. The fourth-order valence-electron chi connectivity index (χ4n) is 3.56. The maximum absolute atomic E-state index is 5.90. The van der Waals surface area contributed by atoms with Crippen LogP contribution in [0.3, 0.4) is 0 Å². The average molecular weight is 210 g/mol. The fraction of sp³-hybridized carbons (Fsp3) is 1.00. The van der Waals surface area contributed by atoms with Crippen molar-refractivity contribution in [2.45, 2.75) is 44.9 Å². The van der Waals surface area contributed by atoms with Crippen molar-refractivity contribution < 1.29 is 0 Å². The molecule has 0 radical (unpaired) electrons. The lowest BCUT2D eigenvalue weighted by Crippen LogP contribution is -2.43. The van der Waals surface area contributed by atoms with Crippen LogP contribution in [0.5, 0.6) is 0 Å². The molecule has 2 rings (SSSR count). The summed E-state index contributed by atoms with van der Waals surface area (Å²) in [5, 5.41) is 3.49. The Labute approximate surface area is 94.0 Å². The highest BCUT2D eigenvalue weighted by molar-refractivity contribution is 4.84. The largest absolute Gasteiger partial charge is 0.330 e. The average Bonchev–Trinajstić information content (AvgIpc) is 2.57. The topological polar surface area (TPSA) is 38.0 Å². The van der Waals surface area contributed by atoms with Crippen molar-refractivity contribution in [3.8, 4) is 0 Å². The molecule has 2 nitrogen and oxygen atoms in total. The van der Waals surface area contributed by atoms with E-state index in [-0.39, 0.29) is 0 Å². The smallest absolute Gasteiger partial charge is 0.000569 e. The van der Waals surface area contributed by atoms with Crippen LogP contribution in [0.25, 0.3) is 0 Å². The summed E-state index contributed by atoms with van der Waals surface area (Å²) < 4.78 is 0. The summed E-state index contributed by atoms with van der Waals surface area (Å²) in [7, 11) is 0. The van der Waals surface area contributed by atoms with Gasteiger partial charge in [0.2, 0.25) is 0 Å². The molecule has 15 heavy (non-hydrogen) atoms. The second-order valence-electron chi connectivity index (χ2n) is 5.40. The molecule has 0 amide bonds. The molecule has 1 aliphatic heterocycles. The van der Waals surface area contributed by atoms with Gasteiger partial charge in [-0.15, -0.1) is 0 Å². The number of hydrogen-bond acceptors (Lipinski definition) is 2. The molecule has 1 aliphatic carbocycles. The molecule has 1 saturated carbocycles. The zero-order chi connectivity index (χ0) is 10.5. The number of rotatable bonds is 2. The number of nitrogens with one attached hydrogen (secondary N) is 1. The SMILES string of the molecule is NCC1CNCCC1C1CCCCCC1. The van der Waals surface area contributed by atoms with Crippen LogP contribution in [0.4, 0.5) is 0 Å². The van der Waals surface area contributed by atoms with Gasteiger partial charge in [0, 0.05) is 0 Å². The van der Waals surface area contributed by atoms with Gasteiger partial charge in [-0.2, -0.15) is 0 Å². The highest BCUT2D eigenvalue weighted by atomic mass is 14.9. The van der Waals surface area contributed by atoms with Crippen molar-refractivity contribution in [3.05, 3.63) is 0 Å². The monoisotopic (exact) mass is 210 g/mol. The standard InChI is InChI=1S/C13H26N2/c14-9-12-10-15-8-7-13(12)11-5-3-1-2-4-6-11/h11-13,15H,1-10,14H2. The van der Waals surface area contributed by atoms with E-state index in [9.17, 15) is 0 Å². The summed E-state index contributed by atoms with van der Waals surface area (Å²) >= 11 is 0. The molecule has 0 aromatic rings. The molecular formula is C13H26N2. The predicted molar refractivity (Wildman–Crippen MR) is 64.7 cm³/mol. The zero-order valence-electron chi connectivity index (χ0n) is 9.88. The van der Waals surface area contributed by atoms with Crippen molar-refractivity contribution in [1.82, 2.24) is 5.32 Å². The van der Waals surface area contributed by atoms with E-state index in [0.717, 1.165) is 30.8 Å². The Bertz CT molecular complexity index is 173. The van der Waals surface area contributed by atoms with E-state index in [2.05, 4.69) is 5.32 Å². The van der Waals surface area contributed by atoms with E-state index >= 15 is 0 Å². The Morgan fingerprint density at radius 2 is 1.73 bits per heavy atom. The molecular weight excluding hydrogens is 184 g/mol. The lowest BCUT2D eigenvalue weighted by atomic mass is 9.74. The van der Waals surface area contributed by atoms with Crippen molar-refractivity contribution in [3.63, 3.8) is 0 Å². The predicted octanol–water partition coefficient (Wildman–Crippen LogP) is 2.14. The van der Waals surface area contributed by atoms with Crippen molar-refractivity contribution in [2.75, 3.05) is 19.6 Å². The van der Waals surface area contributed by atoms with Gasteiger partial charge < -0.3 is 11.1 Å². The Morgan fingerprint density at radius 1 is 1.00 bits per heavy atom. The first-order valence-corrected chi connectivity index (χ1v) is 6.82. The van der Waals surface area contributed by atoms with E-state index in [1.807, 2.05) is 0 Å². The zero-order valence-corrected chi connectivity index (χ0v) is 9.88. The van der Waals surface area contributed by atoms with E-state index in [0.29, 0.717) is 0 Å². The minimum Gasteiger partial charge on any atom is -0.330 e. The molecule has 2 atom stereocenters. The molecule has 0 spiro atoms. The van der Waals surface area contributed by atoms with E-state index < -0.39 is 0 Å². The molecule has 0 bridgehead atoms. The minimum absolute atomic E-state index is 0.752. The molecule has 1 heterocycles. The molecule has 2 unspecified atom stereocenters. The quantitative estimate of drug-likeness (QED) is 0.685. The molecule has 0 aromatic heterocycles. The van der Waals surface area contributed by atoms with Gasteiger partial charge in [-0.05, 0) is 43.8 Å². The first kappa shape index (κ1) is 11.4. The van der Waals surface area contributed by atoms with Crippen molar-refractivity contribution >= 4 is 0 Å². The summed E-state index contributed by atoms with van der Waals surface area (Å²) in [6.07, 6.45) is 10.2. The van der Waals surface area contributed by atoms with Gasteiger partial charge in [0.05, 0.1) is 0 Å². The maximum Gasteiger partial charge on any atom is -0.000569 e. The van der Waals surface area contributed by atoms with Gasteiger partial charge >= 0.3 is 0 Å². The third-order valence-electron chi connectivity index (χ3n) is 4.47. The van der Waals surface area contributed by atoms with Crippen LogP contribution in [0.2, 0.25) is 0 Å². The summed E-state index contributed by atoms with van der Waals surface area (Å²) in [5.41, 5.74) is 5.90. The van der Waals surface area contributed by atoms with Crippen LogP contribution in [0, 0.1) is 17.8 Å². The third kappa shape index (κ3) is 2.94. The fourth-order valence-corrected chi connectivity index (χ4v) is 3.56. The summed E-state index contributed by atoms with van der Waals surface area (Å²) in [6, 6.07) is 0. The summed E-state index contributed by atoms with van der Waals surface area (Å²) in [4.78, 5) is 0. The Balaban J connectivity index is 1.92. The van der Waals surface area contributed by atoms with Gasteiger partial charge in [-0.25, -0.2) is 0 Å². The van der Waals surface area contributed by atoms with Gasteiger partial charge in [-0.1, -0.05) is 38.5 Å². The van der Waals surface area contributed by atoms with E-state index in [1.54, 1.807) is 0 Å². The molecule has 2 fully saturated rings. The van der Waals surface area contributed by atoms with Crippen LogP contribution in [-0.2, 0) is 0 Å². The highest BCUT2D eigenvalue weighted by Crippen LogP contribution is 2.35. The van der Waals surface area contributed by atoms with Gasteiger partial charge in [0.1, 0.15) is 0 Å². The van der Waals surface area contributed by atoms with Crippen LogP contribution in [-0.4, -0.2) is 19.6 Å². The number of piperidine rings is 1. The second kappa shape index (κ2) is 5.86. The van der Waals surface area contributed by atoms with Crippen LogP contribution in [0.1, 0.15) is 44.9 Å². The lowest BCUT2D eigenvalue weighted by Gasteiger charge is -2.37. The van der Waals surface area contributed by atoms with Crippen LogP contribution < -0.4 is 11.1 Å². The summed E-state index contributed by atoms with van der Waals surface area (Å²) in [5.74, 6) is 2.67. The summed E-state index contributed by atoms with van der Waals surface area (Å²) in [6.45, 7) is 3.27. The lowest BCUT2D eigenvalue weighted by molar-refractivity contribution is 0.164. The van der Waals surface area contributed by atoms with E-state index in [4.69, 9.17) is 5.73 Å². The third-order valence-corrected chi connectivity index (χ3v) is 4.47. The van der Waals surface area contributed by atoms with Crippen LogP contribution in [0.15, 0.2) is 0 Å². The minimum atomic E-state index is 0.752. The van der Waals surface area contributed by atoms with Crippen LogP contribution >= 0.6 is 0 Å². The van der Waals surface area contributed by atoms with Crippen molar-refractivity contribution in [1.29, 1.82) is 0 Å². The molecule has 88 valence electrons. The Morgan fingerprint density at radius 3 is 2.40 bits per heavy atom. The van der Waals surface area contributed by atoms with Gasteiger partial charge in [0.15, 0.2) is 0 Å². The second-order valence-corrected chi connectivity index (χ2v) is 5.40. The molecule has 3 N–H and O–H groups in total. The first-order valence-electron chi connectivity index (χ1n) is 6.82. The normalized spacial score (nSPS) is 35.0. The van der Waals surface area contributed by atoms with Gasteiger partial charge in [0.25, 0.3) is 0 Å². The molecule has 2 heteroatoms. The molecule has 2 aliphatic rings. The van der Waals surface area contributed by atoms with E-state index in [1.165, 1.54) is 51.5 Å². The highest BCUT2D eigenvalue weighted by Gasteiger charge is 2.30. The maximum atomic E-state index is 5.90. The van der Waals surface area contributed by atoms with Gasteiger partial charge in [-0.3, -0.25) is 0 Å². The van der Waals surface area contributed by atoms with Crippen molar-refractivity contribution in [2.24, 2.45) is 23.5 Å². The Hall–Kier alpha value is -0.0800.